The lowest BCUT2D eigenvalue weighted by Crippen LogP contribution is -2.43. The van der Waals surface area contributed by atoms with Gasteiger partial charge in [-0.05, 0) is 70.6 Å². The van der Waals surface area contributed by atoms with Crippen molar-refractivity contribution in [1.29, 1.82) is 0 Å². The SMILES string of the molecule is CC/C=C\C/C=C\C/C=C\CCCCCC(=O)OCC(O)COP(=O)(O)OCC(NC(=O)CCCCCCC/C=C\C/C=C\CCCC)C(=O)O. The van der Waals surface area contributed by atoms with E-state index in [0.29, 0.717) is 12.8 Å². The summed E-state index contributed by atoms with van der Waals surface area (Å²) in [6, 6.07) is -1.56. The minimum Gasteiger partial charge on any atom is -0.480 e. The Morgan fingerprint density at radius 3 is 1.73 bits per heavy atom. The first-order valence-corrected chi connectivity index (χ1v) is 20.3. The molecule has 0 aromatic rings. The van der Waals surface area contributed by atoms with Gasteiger partial charge in [0.15, 0.2) is 6.04 Å². The van der Waals surface area contributed by atoms with E-state index in [0.717, 1.165) is 83.5 Å². The Morgan fingerprint density at radius 2 is 1.14 bits per heavy atom. The molecule has 3 unspecified atom stereocenters. The predicted octanol–water partition coefficient (Wildman–Crippen LogP) is 8.83. The zero-order chi connectivity index (χ0) is 37.8. The van der Waals surface area contributed by atoms with Crippen molar-refractivity contribution in [2.45, 2.75) is 148 Å². The van der Waals surface area contributed by atoms with Gasteiger partial charge in [0, 0.05) is 12.8 Å². The second kappa shape index (κ2) is 34.3. The second-order valence-electron chi connectivity index (χ2n) is 12.4. The summed E-state index contributed by atoms with van der Waals surface area (Å²) < 4.78 is 26.7. The third-order valence-corrected chi connectivity index (χ3v) is 8.49. The van der Waals surface area contributed by atoms with E-state index in [1.807, 2.05) is 0 Å². The van der Waals surface area contributed by atoms with Crippen LogP contribution in [-0.4, -0.2) is 64.9 Å². The maximum absolute atomic E-state index is 12.2. The fourth-order valence-corrected chi connectivity index (χ4v) is 5.35. The van der Waals surface area contributed by atoms with E-state index in [-0.39, 0.29) is 12.8 Å². The highest BCUT2D eigenvalue weighted by atomic mass is 31.2. The Kier molecular flexibility index (Phi) is 32.4. The van der Waals surface area contributed by atoms with Gasteiger partial charge in [0.2, 0.25) is 5.91 Å². The fourth-order valence-electron chi connectivity index (χ4n) is 4.58. The first-order chi connectivity index (χ1) is 24.6. The van der Waals surface area contributed by atoms with Crippen LogP contribution in [0.15, 0.2) is 60.8 Å². The van der Waals surface area contributed by atoms with Crippen LogP contribution in [0, 0.1) is 0 Å². The minimum atomic E-state index is -4.76. The van der Waals surface area contributed by atoms with E-state index in [1.54, 1.807) is 0 Å². The average molecular weight is 740 g/mol. The molecule has 0 fully saturated rings. The number of aliphatic carboxylic acids is 1. The molecule has 292 valence electrons. The van der Waals surface area contributed by atoms with E-state index in [9.17, 15) is 34.1 Å². The summed E-state index contributed by atoms with van der Waals surface area (Å²) in [5.41, 5.74) is 0. The molecule has 0 aliphatic heterocycles. The number of rotatable bonds is 34. The zero-order valence-electron chi connectivity index (χ0n) is 31.1. The number of phosphoric ester groups is 1. The molecule has 0 radical (unpaired) electrons. The van der Waals surface area contributed by atoms with E-state index in [1.165, 1.54) is 12.8 Å². The summed E-state index contributed by atoms with van der Waals surface area (Å²) in [4.78, 5) is 45.7. The average Bonchev–Trinajstić information content (AvgIpc) is 3.10. The van der Waals surface area contributed by atoms with Gasteiger partial charge in [0.25, 0.3) is 0 Å². The summed E-state index contributed by atoms with van der Waals surface area (Å²) in [5, 5.41) is 21.7. The molecule has 0 saturated heterocycles. The molecule has 0 saturated carbocycles. The molecule has 0 aliphatic carbocycles. The van der Waals surface area contributed by atoms with Crippen molar-refractivity contribution in [2.75, 3.05) is 19.8 Å². The molecule has 0 bridgehead atoms. The van der Waals surface area contributed by atoms with Gasteiger partial charge in [0.1, 0.15) is 12.7 Å². The maximum Gasteiger partial charge on any atom is 0.472 e. The summed E-state index contributed by atoms with van der Waals surface area (Å²) in [6.45, 7) is 2.35. The fraction of sp³-hybridized carbons (Fsp3) is 0.667. The molecule has 0 spiro atoms. The van der Waals surface area contributed by atoms with Crippen LogP contribution in [0.5, 0.6) is 0 Å². The van der Waals surface area contributed by atoms with Crippen LogP contribution in [0.1, 0.15) is 136 Å². The lowest BCUT2D eigenvalue weighted by atomic mass is 10.1. The van der Waals surface area contributed by atoms with Gasteiger partial charge >= 0.3 is 19.8 Å². The monoisotopic (exact) mass is 739 g/mol. The number of carbonyl (C=O) groups is 3. The van der Waals surface area contributed by atoms with Crippen LogP contribution in [0.4, 0.5) is 0 Å². The van der Waals surface area contributed by atoms with Crippen LogP contribution in [0.2, 0.25) is 0 Å². The van der Waals surface area contributed by atoms with Crippen LogP contribution in [-0.2, 0) is 32.7 Å². The van der Waals surface area contributed by atoms with Gasteiger partial charge in [0.05, 0.1) is 13.2 Å². The van der Waals surface area contributed by atoms with Crippen LogP contribution in [0.3, 0.4) is 0 Å². The van der Waals surface area contributed by atoms with Gasteiger partial charge in [-0.25, -0.2) is 9.36 Å². The molecule has 1 amide bonds. The number of amides is 1. The van der Waals surface area contributed by atoms with Gasteiger partial charge in [-0.2, -0.15) is 0 Å². The highest BCUT2D eigenvalue weighted by molar-refractivity contribution is 7.47. The Morgan fingerprint density at radius 1 is 0.647 bits per heavy atom. The van der Waals surface area contributed by atoms with Crippen LogP contribution < -0.4 is 5.32 Å². The number of hydrogen-bond acceptors (Lipinski definition) is 8. The Bertz CT molecular complexity index is 1100. The normalized spacial score (nSPS) is 14.6. The standard InChI is InChI=1S/C39H66NO10P/c1-3-5-7-9-11-13-15-17-19-20-22-24-26-28-30-37(42)40-36(39(44)45)34-50-51(46,47)49-33-35(41)32-48-38(43)31-29-27-25-23-21-18-16-14-12-10-8-6-4-2/h6,8-9,11-12,14-15,17-18,21,35-36,41H,3-5,7,10,13,16,19-20,22-34H2,1-2H3,(H,40,42)(H,44,45)(H,46,47)/b8-6-,11-9-,14-12-,17-15-,21-18-. The molecule has 0 aliphatic rings. The second-order valence-corrected chi connectivity index (χ2v) is 13.8. The number of nitrogens with one attached hydrogen (secondary N) is 1. The highest BCUT2D eigenvalue weighted by Gasteiger charge is 2.28. The molecule has 51 heavy (non-hydrogen) atoms. The summed E-state index contributed by atoms with van der Waals surface area (Å²) in [7, 11) is -4.76. The molecule has 11 nitrogen and oxygen atoms in total. The number of hydrogen-bond donors (Lipinski definition) is 4. The number of phosphoric acid groups is 1. The number of carbonyl (C=O) groups excluding carboxylic acids is 2. The van der Waals surface area contributed by atoms with Gasteiger partial charge in [-0.1, -0.05) is 113 Å². The molecular formula is C39H66NO10P. The number of carboxylic acid groups (broad SMARTS) is 1. The van der Waals surface area contributed by atoms with Crippen molar-refractivity contribution in [2.24, 2.45) is 0 Å². The van der Waals surface area contributed by atoms with E-state index in [2.05, 4.69) is 79.9 Å². The van der Waals surface area contributed by atoms with E-state index < -0.39 is 57.6 Å². The molecule has 3 atom stereocenters. The minimum absolute atomic E-state index is 0.124. The first kappa shape index (κ1) is 48.2. The van der Waals surface area contributed by atoms with Gasteiger partial charge < -0.3 is 25.2 Å². The molecule has 0 aromatic heterocycles. The molecule has 12 heteroatoms. The first-order valence-electron chi connectivity index (χ1n) is 18.8. The number of esters is 1. The van der Waals surface area contributed by atoms with E-state index in [4.69, 9.17) is 13.8 Å². The number of ether oxygens (including phenoxy) is 1. The Balaban J connectivity index is 4.04. The lowest BCUT2D eigenvalue weighted by Gasteiger charge is -2.18. The summed E-state index contributed by atoms with van der Waals surface area (Å²) in [5.74, 6) is -2.44. The zero-order valence-corrected chi connectivity index (χ0v) is 32.0. The summed E-state index contributed by atoms with van der Waals surface area (Å²) in [6.07, 6.45) is 36.8. The van der Waals surface area contributed by atoms with Gasteiger partial charge in [-0.3, -0.25) is 18.6 Å². The molecule has 0 aromatic carbocycles. The number of aliphatic hydroxyl groups excluding tert-OH is 1. The van der Waals surface area contributed by atoms with Crippen molar-refractivity contribution < 1.29 is 47.8 Å². The van der Waals surface area contributed by atoms with Crippen molar-refractivity contribution in [1.82, 2.24) is 5.32 Å². The number of aliphatic hydroxyl groups is 1. The van der Waals surface area contributed by atoms with Crippen molar-refractivity contribution >= 4 is 25.7 Å². The maximum atomic E-state index is 12.2. The van der Waals surface area contributed by atoms with Crippen molar-refractivity contribution in [3.63, 3.8) is 0 Å². The third kappa shape index (κ3) is 34.1. The lowest BCUT2D eigenvalue weighted by molar-refractivity contribution is -0.147. The summed E-state index contributed by atoms with van der Waals surface area (Å²) >= 11 is 0. The Labute approximate surface area is 306 Å². The predicted molar refractivity (Wildman–Crippen MR) is 203 cm³/mol. The topological polar surface area (TPSA) is 169 Å². The molecule has 0 heterocycles. The largest absolute Gasteiger partial charge is 0.480 e. The van der Waals surface area contributed by atoms with Crippen molar-refractivity contribution in [3.8, 4) is 0 Å². The Hall–Kier alpha value is -2.82. The van der Waals surface area contributed by atoms with E-state index >= 15 is 0 Å². The van der Waals surface area contributed by atoms with Gasteiger partial charge in [-0.15, -0.1) is 0 Å². The molecule has 0 rings (SSSR count). The number of carboxylic acids is 1. The molecule has 4 N–H and O–H groups in total. The smallest absolute Gasteiger partial charge is 0.472 e. The third-order valence-electron chi connectivity index (χ3n) is 7.54. The molecular weight excluding hydrogens is 673 g/mol. The van der Waals surface area contributed by atoms with Crippen molar-refractivity contribution in [3.05, 3.63) is 60.8 Å². The van der Waals surface area contributed by atoms with Crippen LogP contribution in [0.25, 0.3) is 0 Å². The quantitative estimate of drug-likeness (QED) is 0.0217. The number of allylic oxidation sites excluding steroid dienone is 10. The number of unbranched alkanes of at least 4 members (excludes halogenated alkanes) is 10. The van der Waals surface area contributed by atoms with Crippen LogP contribution >= 0.6 is 7.82 Å². The highest BCUT2D eigenvalue weighted by Crippen LogP contribution is 2.43.